The molecule has 2 aromatic rings. The van der Waals surface area contributed by atoms with E-state index in [9.17, 15) is 5.11 Å². The number of aryl methyl sites for hydroxylation is 1. The first-order valence-electron chi connectivity index (χ1n) is 5.26. The van der Waals surface area contributed by atoms with Crippen molar-refractivity contribution in [2.45, 2.75) is 18.4 Å². The van der Waals surface area contributed by atoms with E-state index in [0.29, 0.717) is 0 Å². The minimum absolute atomic E-state index is 0.138. The molecule has 16 heavy (non-hydrogen) atoms. The molecule has 1 saturated carbocycles. The molecule has 0 atom stereocenters. The molecule has 0 unspecified atom stereocenters. The summed E-state index contributed by atoms with van der Waals surface area (Å²) in [5, 5.41) is 17.6. The van der Waals surface area contributed by atoms with E-state index in [1.807, 2.05) is 7.05 Å². The van der Waals surface area contributed by atoms with Gasteiger partial charge in [-0.25, -0.2) is 9.97 Å². The molecule has 0 aliphatic heterocycles. The molecule has 0 bridgehead atoms. The van der Waals surface area contributed by atoms with Crippen LogP contribution in [-0.2, 0) is 7.05 Å². The van der Waals surface area contributed by atoms with Gasteiger partial charge in [0.05, 0.1) is 23.7 Å². The van der Waals surface area contributed by atoms with Crippen LogP contribution in [0.3, 0.4) is 0 Å². The molecule has 84 valence electrons. The van der Waals surface area contributed by atoms with E-state index in [-0.39, 0.29) is 12.1 Å². The van der Waals surface area contributed by atoms with Crippen molar-refractivity contribution < 1.29 is 5.11 Å². The maximum Gasteiger partial charge on any atom is 0.163 e. The van der Waals surface area contributed by atoms with Gasteiger partial charge < -0.3 is 10.4 Å². The molecule has 0 spiro atoms. The number of aliphatic hydroxyl groups excluding tert-OH is 1. The van der Waals surface area contributed by atoms with Crippen LogP contribution in [0.4, 0.5) is 5.82 Å². The third kappa shape index (κ3) is 1.34. The van der Waals surface area contributed by atoms with E-state index in [2.05, 4.69) is 20.4 Å². The number of fused-ring (bicyclic) bond motifs is 1. The lowest BCUT2D eigenvalue weighted by Crippen LogP contribution is -2.26. The van der Waals surface area contributed by atoms with Crippen LogP contribution in [0, 0.1) is 0 Å². The van der Waals surface area contributed by atoms with Crippen molar-refractivity contribution in [3.05, 3.63) is 12.5 Å². The first-order chi connectivity index (χ1) is 7.74. The van der Waals surface area contributed by atoms with E-state index in [1.54, 1.807) is 10.9 Å². The molecular formula is C10H13N5O. The predicted octanol–water partition coefficient (Wildman–Crippen LogP) is 0.300. The van der Waals surface area contributed by atoms with Gasteiger partial charge in [0.15, 0.2) is 5.65 Å². The smallest absolute Gasteiger partial charge is 0.163 e. The molecule has 2 N–H and O–H groups in total. The highest BCUT2D eigenvalue weighted by Crippen LogP contribution is 2.38. The lowest BCUT2D eigenvalue weighted by atomic mass is 10.3. The Kier molecular flexibility index (Phi) is 1.88. The summed E-state index contributed by atoms with van der Waals surface area (Å²) in [4.78, 5) is 8.37. The number of nitrogens with one attached hydrogen (secondary N) is 1. The van der Waals surface area contributed by atoms with Crippen LogP contribution in [0.5, 0.6) is 0 Å². The Morgan fingerprint density at radius 2 is 2.31 bits per heavy atom. The van der Waals surface area contributed by atoms with E-state index < -0.39 is 0 Å². The summed E-state index contributed by atoms with van der Waals surface area (Å²) < 4.78 is 1.71. The van der Waals surface area contributed by atoms with Crippen LogP contribution in [0.1, 0.15) is 12.8 Å². The highest BCUT2D eigenvalue weighted by Gasteiger charge is 2.42. The van der Waals surface area contributed by atoms with Crippen molar-refractivity contribution in [2.24, 2.45) is 7.05 Å². The zero-order valence-corrected chi connectivity index (χ0v) is 9.01. The van der Waals surface area contributed by atoms with Crippen LogP contribution in [0.25, 0.3) is 11.0 Å². The Balaban J connectivity index is 2.03. The molecule has 0 aromatic carbocycles. The fourth-order valence-corrected chi connectivity index (χ4v) is 1.79. The van der Waals surface area contributed by atoms with Gasteiger partial charge >= 0.3 is 0 Å². The normalized spacial score (nSPS) is 17.6. The van der Waals surface area contributed by atoms with Gasteiger partial charge in [0.25, 0.3) is 0 Å². The summed E-state index contributed by atoms with van der Waals surface area (Å²) in [6.07, 6.45) is 5.22. The zero-order chi connectivity index (χ0) is 11.2. The standard InChI is InChI=1S/C10H13N5O/c1-15-9-7(4-13-15)8(11-6-12-9)14-10(5-16)2-3-10/h4,6,16H,2-3,5H2,1H3,(H,11,12,14). The summed E-state index contributed by atoms with van der Waals surface area (Å²) in [5.74, 6) is 0.754. The number of hydrogen-bond donors (Lipinski definition) is 2. The van der Waals surface area contributed by atoms with E-state index in [4.69, 9.17) is 0 Å². The largest absolute Gasteiger partial charge is 0.394 e. The monoisotopic (exact) mass is 219 g/mol. The third-order valence-electron chi connectivity index (χ3n) is 3.07. The second kappa shape index (κ2) is 3.15. The van der Waals surface area contributed by atoms with Crippen molar-refractivity contribution in [3.8, 4) is 0 Å². The van der Waals surface area contributed by atoms with Crippen molar-refractivity contribution in [1.29, 1.82) is 0 Å². The van der Waals surface area contributed by atoms with Gasteiger partial charge in [-0.15, -0.1) is 0 Å². The van der Waals surface area contributed by atoms with Gasteiger partial charge in [-0.1, -0.05) is 0 Å². The van der Waals surface area contributed by atoms with Crippen LogP contribution < -0.4 is 5.32 Å². The average Bonchev–Trinajstić information content (AvgIpc) is 2.98. The van der Waals surface area contributed by atoms with Gasteiger partial charge in [-0.2, -0.15) is 5.10 Å². The summed E-state index contributed by atoms with van der Waals surface area (Å²) >= 11 is 0. The Bertz CT molecular complexity index is 531. The second-order valence-electron chi connectivity index (χ2n) is 4.29. The topological polar surface area (TPSA) is 75.9 Å². The maximum absolute atomic E-state index is 9.27. The molecule has 1 aliphatic rings. The van der Waals surface area contributed by atoms with Gasteiger partial charge in [-0.3, -0.25) is 4.68 Å². The number of aromatic nitrogens is 4. The maximum atomic E-state index is 9.27. The Morgan fingerprint density at radius 3 is 3.00 bits per heavy atom. The van der Waals surface area contributed by atoms with Gasteiger partial charge in [-0.05, 0) is 12.8 Å². The predicted molar refractivity (Wildman–Crippen MR) is 59.0 cm³/mol. The Morgan fingerprint density at radius 1 is 1.50 bits per heavy atom. The molecule has 2 heterocycles. The van der Waals surface area contributed by atoms with Crippen molar-refractivity contribution in [1.82, 2.24) is 19.7 Å². The molecule has 6 heteroatoms. The lowest BCUT2D eigenvalue weighted by Gasteiger charge is -2.14. The van der Waals surface area contributed by atoms with Crippen LogP contribution in [0.2, 0.25) is 0 Å². The molecular weight excluding hydrogens is 206 g/mol. The van der Waals surface area contributed by atoms with Crippen LogP contribution in [-0.4, -0.2) is 37.0 Å². The number of rotatable bonds is 3. The summed E-state index contributed by atoms with van der Waals surface area (Å²) in [5.41, 5.74) is 0.628. The average molecular weight is 219 g/mol. The molecule has 6 nitrogen and oxygen atoms in total. The minimum Gasteiger partial charge on any atom is -0.394 e. The zero-order valence-electron chi connectivity index (χ0n) is 9.01. The molecule has 3 rings (SSSR count). The van der Waals surface area contributed by atoms with Crippen LogP contribution >= 0.6 is 0 Å². The molecule has 0 amide bonds. The molecule has 2 aromatic heterocycles. The quantitative estimate of drug-likeness (QED) is 0.776. The molecule has 1 aliphatic carbocycles. The Labute approximate surface area is 92.3 Å². The first kappa shape index (κ1) is 9.53. The molecule has 0 radical (unpaired) electrons. The van der Waals surface area contributed by atoms with Gasteiger partial charge in [0.2, 0.25) is 0 Å². The summed E-state index contributed by atoms with van der Waals surface area (Å²) in [6.45, 7) is 0.138. The van der Waals surface area contributed by atoms with Crippen molar-refractivity contribution >= 4 is 16.9 Å². The molecule has 0 saturated heterocycles. The van der Waals surface area contributed by atoms with E-state index in [1.165, 1.54) is 6.33 Å². The van der Waals surface area contributed by atoms with Gasteiger partial charge in [0, 0.05) is 7.05 Å². The number of nitrogens with zero attached hydrogens (tertiary/aromatic N) is 4. The fourth-order valence-electron chi connectivity index (χ4n) is 1.79. The molecule has 1 fully saturated rings. The highest BCUT2D eigenvalue weighted by atomic mass is 16.3. The minimum atomic E-state index is -0.170. The Hall–Kier alpha value is -1.69. The van der Waals surface area contributed by atoms with Crippen molar-refractivity contribution in [3.63, 3.8) is 0 Å². The van der Waals surface area contributed by atoms with E-state index >= 15 is 0 Å². The summed E-state index contributed by atoms with van der Waals surface area (Å²) in [6, 6.07) is 0. The number of aliphatic hydroxyl groups is 1. The SMILES string of the molecule is Cn1ncc2c(NC3(CO)CC3)ncnc21. The number of anilines is 1. The second-order valence-corrected chi connectivity index (χ2v) is 4.29. The first-order valence-corrected chi connectivity index (χ1v) is 5.26. The van der Waals surface area contributed by atoms with Crippen LogP contribution in [0.15, 0.2) is 12.5 Å². The van der Waals surface area contributed by atoms with Crippen molar-refractivity contribution in [2.75, 3.05) is 11.9 Å². The van der Waals surface area contributed by atoms with E-state index in [0.717, 1.165) is 29.7 Å². The number of hydrogen-bond acceptors (Lipinski definition) is 5. The third-order valence-corrected chi connectivity index (χ3v) is 3.07. The van der Waals surface area contributed by atoms with Gasteiger partial charge in [0.1, 0.15) is 12.1 Å². The summed E-state index contributed by atoms with van der Waals surface area (Å²) in [7, 11) is 1.85. The fraction of sp³-hybridized carbons (Fsp3) is 0.500. The highest BCUT2D eigenvalue weighted by molar-refractivity contribution is 5.86. The lowest BCUT2D eigenvalue weighted by molar-refractivity contribution is 0.266.